The van der Waals surface area contributed by atoms with Gasteiger partial charge in [-0.3, -0.25) is 9.20 Å². The number of halogens is 1. The van der Waals surface area contributed by atoms with E-state index in [-0.39, 0.29) is 17.3 Å². The van der Waals surface area contributed by atoms with Gasteiger partial charge in [0.05, 0.1) is 11.2 Å². The Bertz CT molecular complexity index is 1070. The van der Waals surface area contributed by atoms with Crippen LogP contribution in [0.2, 0.25) is 0 Å². The predicted octanol–water partition coefficient (Wildman–Crippen LogP) is 4.84. The molecule has 0 saturated heterocycles. The quantitative estimate of drug-likeness (QED) is 0.697. The molecule has 7 rings (SSSR count). The molecule has 148 valence electrons. The van der Waals surface area contributed by atoms with Crippen LogP contribution in [0.1, 0.15) is 49.1 Å². The third-order valence-electron chi connectivity index (χ3n) is 7.29. The standard InChI is InChI=1S/C24H24FN3O/c25-19-6-4-18(5-7-19)21-20-3-1-2-8-28(20)22(26-21)23(29)27-24-12-15-9-16(13-24)11-17(10-15)14-24/h1-8,15-17H,9-14H2,(H,27,29). The summed E-state index contributed by atoms with van der Waals surface area (Å²) in [4.78, 5) is 18.1. The molecule has 4 aliphatic carbocycles. The van der Waals surface area contributed by atoms with Gasteiger partial charge in [-0.05, 0) is 92.7 Å². The highest BCUT2D eigenvalue weighted by Gasteiger charge is 2.51. The molecular weight excluding hydrogens is 365 g/mol. The maximum absolute atomic E-state index is 13.4. The smallest absolute Gasteiger partial charge is 0.288 e. The molecule has 2 heterocycles. The Morgan fingerprint density at radius 2 is 1.66 bits per heavy atom. The maximum atomic E-state index is 13.4. The molecule has 0 unspecified atom stereocenters. The van der Waals surface area contributed by atoms with Crippen molar-refractivity contribution in [3.05, 3.63) is 60.3 Å². The molecule has 4 bridgehead atoms. The number of amides is 1. The van der Waals surface area contributed by atoms with E-state index >= 15 is 0 Å². The molecule has 1 amide bonds. The van der Waals surface area contributed by atoms with Crippen molar-refractivity contribution >= 4 is 11.4 Å². The van der Waals surface area contributed by atoms with Crippen LogP contribution in [-0.4, -0.2) is 20.8 Å². The molecule has 1 aromatic carbocycles. The zero-order valence-corrected chi connectivity index (χ0v) is 16.3. The molecular formula is C24H24FN3O. The molecule has 0 radical (unpaired) electrons. The molecule has 0 spiro atoms. The van der Waals surface area contributed by atoms with Crippen LogP contribution < -0.4 is 5.32 Å². The molecule has 4 saturated carbocycles. The monoisotopic (exact) mass is 389 g/mol. The van der Waals surface area contributed by atoms with Gasteiger partial charge in [-0.25, -0.2) is 9.37 Å². The molecule has 4 fully saturated rings. The zero-order valence-electron chi connectivity index (χ0n) is 16.3. The average molecular weight is 389 g/mol. The number of rotatable bonds is 3. The van der Waals surface area contributed by atoms with Crippen LogP contribution in [0.15, 0.2) is 48.7 Å². The number of hydrogen-bond acceptors (Lipinski definition) is 2. The summed E-state index contributed by atoms with van der Waals surface area (Å²) in [7, 11) is 0. The summed E-state index contributed by atoms with van der Waals surface area (Å²) >= 11 is 0. The highest BCUT2D eigenvalue weighted by Crippen LogP contribution is 2.55. The fourth-order valence-electron chi connectivity index (χ4n) is 6.58. The number of hydrogen-bond donors (Lipinski definition) is 1. The fraction of sp³-hybridized carbons (Fsp3) is 0.417. The minimum absolute atomic E-state index is 0.0531. The van der Waals surface area contributed by atoms with Gasteiger partial charge in [0.25, 0.3) is 5.91 Å². The van der Waals surface area contributed by atoms with Crippen molar-refractivity contribution in [1.82, 2.24) is 14.7 Å². The minimum atomic E-state index is -0.281. The molecule has 4 nitrogen and oxygen atoms in total. The topological polar surface area (TPSA) is 46.4 Å². The molecule has 0 aliphatic heterocycles. The summed E-state index contributed by atoms with van der Waals surface area (Å²) in [5.74, 6) is 2.35. The van der Waals surface area contributed by atoms with Crippen molar-refractivity contribution < 1.29 is 9.18 Å². The summed E-state index contributed by atoms with van der Waals surface area (Å²) in [6, 6.07) is 12.1. The lowest BCUT2D eigenvalue weighted by molar-refractivity contribution is -0.0168. The molecule has 2 aromatic heterocycles. The Hall–Kier alpha value is -2.69. The lowest BCUT2D eigenvalue weighted by Gasteiger charge is -2.56. The summed E-state index contributed by atoms with van der Waals surface area (Å²) < 4.78 is 15.2. The Morgan fingerprint density at radius 3 is 2.31 bits per heavy atom. The highest BCUT2D eigenvalue weighted by atomic mass is 19.1. The van der Waals surface area contributed by atoms with Crippen molar-refractivity contribution in [2.24, 2.45) is 17.8 Å². The summed E-state index contributed by atoms with van der Waals surface area (Å²) in [6.45, 7) is 0. The number of aromatic nitrogens is 2. The van der Waals surface area contributed by atoms with Crippen molar-refractivity contribution in [3.8, 4) is 11.3 Å². The predicted molar refractivity (Wildman–Crippen MR) is 109 cm³/mol. The van der Waals surface area contributed by atoms with Crippen LogP contribution in [0.5, 0.6) is 0 Å². The van der Waals surface area contributed by atoms with Crippen LogP contribution in [0, 0.1) is 23.6 Å². The third kappa shape index (κ3) is 2.78. The van der Waals surface area contributed by atoms with E-state index in [1.54, 1.807) is 12.1 Å². The molecule has 5 heteroatoms. The second kappa shape index (κ2) is 6.15. The van der Waals surface area contributed by atoms with E-state index in [1.165, 1.54) is 31.4 Å². The summed E-state index contributed by atoms with van der Waals surface area (Å²) in [6.07, 6.45) is 9.24. The van der Waals surface area contributed by atoms with Crippen molar-refractivity contribution in [2.45, 2.75) is 44.1 Å². The van der Waals surface area contributed by atoms with E-state index in [1.807, 2.05) is 28.8 Å². The molecule has 29 heavy (non-hydrogen) atoms. The second-order valence-corrected chi connectivity index (χ2v) is 9.40. The lowest BCUT2D eigenvalue weighted by Crippen LogP contribution is -2.60. The van der Waals surface area contributed by atoms with E-state index in [0.717, 1.165) is 48.1 Å². The first-order chi connectivity index (χ1) is 14.1. The second-order valence-electron chi connectivity index (χ2n) is 9.40. The number of nitrogens with one attached hydrogen (secondary N) is 1. The van der Waals surface area contributed by atoms with Gasteiger partial charge in [-0.15, -0.1) is 0 Å². The van der Waals surface area contributed by atoms with Gasteiger partial charge in [-0.2, -0.15) is 0 Å². The van der Waals surface area contributed by atoms with Crippen molar-refractivity contribution in [2.75, 3.05) is 0 Å². The van der Waals surface area contributed by atoms with E-state index in [2.05, 4.69) is 5.32 Å². The fourth-order valence-corrected chi connectivity index (χ4v) is 6.58. The van der Waals surface area contributed by atoms with Crippen LogP contribution in [0.3, 0.4) is 0 Å². The van der Waals surface area contributed by atoms with E-state index in [4.69, 9.17) is 4.98 Å². The first-order valence-corrected chi connectivity index (χ1v) is 10.6. The number of pyridine rings is 1. The highest BCUT2D eigenvalue weighted by molar-refractivity contribution is 5.95. The number of imidazole rings is 1. The summed E-state index contributed by atoms with van der Waals surface area (Å²) in [5, 5.41) is 3.42. The van der Waals surface area contributed by atoms with Crippen LogP contribution in [0.25, 0.3) is 16.8 Å². The molecule has 3 aromatic rings. The molecule has 4 aliphatic rings. The zero-order chi connectivity index (χ0) is 19.6. The van der Waals surface area contributed by atoms with Crippen molar-refractivity contribution in [3.63, 3.8) is 0 Å². The first-order valence-electron chi connectivity index (χ1n) is 10.6. The number of carbonyl (C=O) groups is 1. The summed E-state index contributed by atoms with van der Waals surface area (Å²) in [5.41, 5.74) is 2.32. The van der Waals surface area contributed by atoms with Gasteiger partial charge in [0.1, 0.15) is 5.82 Å². The maximum Gasteiger partial charge on any atom is 0.288 e. The number of nitrogens with zero attached hydrogens (tertiary/aromatic N) is 2. The third-order valence-corrected chi connectivity index (χ3v) is 7.29. The number of carbonyl (C=O) groups excluding carboxylic acids is 1. The van der Waals surface area contributed by atoms with Gasteiger partial charge >= 0.3 is 0 Å². The average Bonchev–Trinajstić information content (AvgIpc) is 3.07. The SMILES string of the molecule is O=C(NC12CC3CC(CC(C3)C1)C2)c1nc(-c2ccc(F)cc2)c2ccccn12. The Balaban J connectivity index is 1.37. The minimum Gasteiger partial charge on any atom is -0.344 e. The van der Waals surface area contributed by atoms with Crippen LogP contribution >= 0.6 is 0 Å². The van der Waals surface area contributed by atoms with Crippen LogP contribution in [0.4, 0.5) is 4.39 Å². The van der Waals surface area contributed by atoms with E-state index in [9.17, 15) is 9.18 Å². The van der Waals surface area contributed by atoms with Gasteiger partial charge < -0.3 is 5.32 Å². The van der Waals surface area contributed by atoms with E-state index in [0.29, 0.717) is 11.5 Å². The lowest BCUT2D eigenvalue weighted by atomic mass is 9.53. The van der Waals surface area contributed by atoms with Crippen molar-refractivity contribution in [1.29, 1.82) is 0 Å². The largest absolute Gasteiger partial charge is 0.344 e. The van der Waals surface area contributed by atoms with E-state index < -0.39 is 0 Å². The van der Waals surface area contributed by atoms with Gasteiger partial charge in [0, 0.05) is 17.3 Å². The Morgan fingerprint density at radius 1 is 1.00 bits per heavy atom. The van der Waals surface area contributed by atoms with Crippen LogP contribution in [-0.2, 0) is 0 Å². The Labute approximate surface area is 169 Å². The number of benzene rings is 1. The number of fused-ring (bicyclic) bond motifs is 1. The molecule has 1 N–H and O–H groups in total. The normalized spacial score (nSPS) is 30.0. The first kappa shape index (κ1) is 17.2. The van der Waals surface area contributed by atoms with Gasteiger partial charge in [-0.1, -0.05) is 6.07 Å². The van der Waals surface area contributed by atoms with Gasteiger partial charge in [0.15, 0.2) is 0 Å². The molecule has 0 atom stereocenters. The van der Waals surface area contributed by atoms with Gasteiger partial charge in [0.2, 0.25) is 5.82 Å². The Kier molecular flexibility index (Phi) is 3.65.